The zero-order valence-corrected chi connectivity index (χ0v) is 21.2. The summed E-state index contributed by atoms with van der Waals surface area (Å²) in [6.45, 7) is 2.58. The fourth-order valence-electron chi connectivity index (χ4n) is 3.18. The monoisotopic (exact) mass is 530 g/mol. The third-order valence-electron chi connectivity index (χ3n) is 4.72. The predicted octanol–water partition coefficient (Wildman–Crippen LogP) is 6.95. The number of carbonyl (C=O) groups excluding carboxylic acids is 1. The first-order chi connectivity index (χ1) is 16.4. The first-order valence-corrected chi connectivity index (χ1v) is 12.3. The average Bonchev–Trinajstić information content (AvgIpc) is 3.44. The summed E-state index contributed by atoms with van der Waals surface area (Å²) in [4.78, 5) is 13.4. The van der Waals surface area contributed by atoms with Crippen molar-refractivity contribution in [3.8, 4) is 10.4 Å². The van der Waals surface area contributed by atoms with Gasteiger partial charge in [0.05, 0.1) is 28.8 Å². The number of thiocarbonyl (C=S) groups is 1. The molecule has 0 radical (unpaired) electrons. The van der Waals surface area contributed by atoms with E-state index < -0.39 is 5.97 Å². The third kappa shape index (κ3) is 5.95. The minimum absolute atomic E-state index is 0.285. The number of hydrogen-bond donors (Lipinski definition) is 2. The van der Waals surface area contributed by atoms with E-state index in [0.29, 0.717) is 38.1 Å². The van der Waals surface area contributed by atoms with Crippen molar-refractivity contribution in [3.05, 3.63) is 88.0 Å². The smallest absolute Gasteiger partial charge is 0.341 e. The normalized spacial score (nSPS) is 10.7. The van der Waals surface area contributed by atoms with Gasteiger partial charge in [-0.2, -0.15) is 5.10 Å². The zero-order chi connectivity index (χ0) is 24.1. The van der Waals surface area contributed by atoms with Gasteiger partial charge in [0, 0.05) is 17.1 Å². The summed E-state index contributed by atoms with van der Waals surface area (Å²) in [6, 6.07) is 18.9. The highest BCUT2D eigenvalue weighted by Crippen LogP contribution is 2.36. The molecule has 34 heavy (non-hydrogen) atoms. The van der Waals surface area contributed by atoms with Gasteiger partial charge in [-0.15, -0.1) is 11.3 Å². The van der Waals surface area contributed by atoms with Gasteiger partial charge in [0.25, 0.3) is 0 Å². The van der Waals surface area contributed by atoms with Gasteiger partial charge in [-0.05, 0) is 48.5 Å². The predicted molar refractivity (Wildman–Crippen MR) is 143 cm³/mol. The molecule has 10 heteroatoms. The van der Waals surface area contributed by atoms with Gasteiger partial charge in [-0.1, -0.05) is 59.6 Å². The van der Waals surface area contributed by atoms with E-state index in [1.54, 1.807) is 17.7 Å². The summed E-state index contributed by atoms with van der Waals surface area (Å²) in [7, 11) is 0. The lowest BCUT2D eigenvalue weighted by Crippen LogP contribution is -2.20. The Labute approximate surface area is 216 Å². The van der Waals surface area contributed by atoms with Gasteiger partial charge < -0.3 is 15.4 Å². The molecule has 2 aromatic carbocycles. The molecule has 0 amide bonds. The van der Waals surface area contributed by atoms with Crippen LogP contribution >= 0.6 is 46.8 Å². The Morgan fingerprint density at radius 3 is 2.62 bits per heavy atom. The average molecular weight is 531 g/mol. The second-order valence-electron chi connectivity index (χ2n) is 7.17. The molecular formula is C24H20Cl2N4O2S2. The Morgan fingerprint density at radius 2 is 1.88 bits per heavy atom. The maximum absolute atomic E-state index is 12.5. The van der Waals surface area contributed by atoms with Gasteiger partial charge in [-0.3, -0.25) is 4.68 Å². The van der Waals surface area contributed by atoms with Gasteiger partial charge in [-0.25, -0.2) is 4.79 Å². The molecule has 0 aliphatic carbocycles. The summed E-state index contributed by atoms with van der Waals surface area (Å²) in [5.74, 6) is 0.159. The number of nitrogens with one attached hydrogen (secondary N) is 2. The molecule has 2 aromatic heterocycles. The highest BCUT2D eigenvalue weighted by Gasteiger charge is 2.19. The van der Waals surface area contributed by atoms with Crippen molar-refractivity contribution in [1.82, 2.24) is 9.78 Å². The minimum Gasteiger partial charge on any atom is -0.462 e. The molecule has 0 aliphatic heterocycles. The number of carbonyl (C=O) groups is 1. The number of ether oxygens (including phenoxy) is 1. The Morgan fingerprint density at radius 1 is 1.09 bits per heavy atom. The molecule has 0 saturated heterocycles. The third-order valence-corrected chi connectivity index (χ3v) is 6.77. The van der Waals surface area contributed by atoms with Crippen LogP contribution in [0.5, 0.6) is 0 Å². The Kier molecular flexibility index (Phi) is 7.84. The molecule has 0 saturated carbocycles. The molecule has 0 fully saturated rings. The van der Waals surface area contributed by atoms with Crippen molar-refractivity contribution in [2.75, 3.05) is 17.2 Å². The highest BCUT2D eigenvalue weighted by atomic mass is 35.5. The van der Waals surface area contributed by atoms with Crippen molar-refractivity contribution >= 4 is 68.7 Å². The second-order valence-corrected chi connectivity index (χ2v) is 9.44. The molecular weight excluding hydrogens is 511 g/mol. The van der Waals surface area contributed by atoms with Crippen LogP contribution in [0, 0.1) is 0 Å². The Balaban J connectivity index is 1.46. The fourth-order valence-corrected chi connectivity index (χ4v) is 4.83. The Bertz CT molecular complexity index is 1320. The van der Waals surface area contributed by atoms with Crippen molar-refractivity contribution in [3.63, 3.8) is 0 Å². The standard InChI is InChI=1S/C24H20Cl2N4O2S2/c1-2-32-23(31)17-13-20(16-6-4-3-5-7-16)34-22(17)28-24(33)27-21-10-11-30(29-21)14-15-8-9-18(25)19(26)12-15/h3-13H,2,14H2,1H3,(H2,27,28,29,33). The van der Waals surface area contributed by atoms with Gasteiger partial charge >= 0.3 is 5.97 Å². The lowest BCUT2D eigenvalue weighted by atomic mass is 10.1. The summed E-state index contributed by atoms with van der Waals surface area (Å²) >= 11 is 19.0. The highest BCUT2D eigenvalue weighted by molar-refractivity contribution is 7.80. The van der Waals surface area contributed by atoms with Gasteiger partial charge in [0.1, 0.15) is 5.00 Å². The largest absolute Gasteiger partial charge is 0.462 e. The van der Waals surface area contributed by atoms with Crippen LogP contribution in [0.25, 0.3) is 10.4 Å². The van der Waals surface area contributed by atoms with Crippen molar-refractivity contribution in [1.29, 1.82) is 0 Å². The number of esters is 1. The van der Waals surface area contributed by atoms with E-state index in [-0.39, 0.29) is 6.61 Å². The first kappa shape index (κ1) is 24.2. The summed E-state index contributed by atoms with van der Waals surface area (Å²) in [6.07, 6.45) is 1.83. The molecule has 0 unspecified atom stereocenters. The van der Waals surface area contributed by atoms with Crippen LogP contribution in [-0.2, 0) is 11.3 Å². The molecule has 2 N–H and O–H groups in total. The van der Waals surface area contributed by atoms with Crippen LogP contribution in [-0.4, -0.2) is 27.5 Å². The number of nitrogens with zero attached hydrogens (tertiary/aromatic N) is 2. The number of benzene rings is 2. The van der Waals surface area contributed by atoms with E-state index in [2.05, 4.69) is 15.7 Å². The maximum atomic E-state index is 12.5. The van der Waals surface area contributed by atoms with Crippen molar-refractivity contribution < 1.29 is 9.53 Å². The van der Waals surface area contributed by atoms with Crippen LogP contribution in [0.2, 0.25) is 10.0 Å². The quantitative estimate of drug-likeness (QED) is 0.199. The lowest BCUT2D eigenvalue weighted by molar-refractivity contribution is 0.0528. The van der Waals surface area contributed by atoms with E-state index in [9.17, 15) is 4.79 Å². The van der Waals surface area contributed by atoms with Crippen molar-refractivity contribution in [2.45, 2.75) is 13.5 Å². The van der Waals surface area contributed by atoms with Gasteiger partial charge in [0.2, 0.25) is 0 Å². The van der Waals surface area contributed by atoms with E-state index in [4.69, 9.17) is 40.2 Å². The number of halogens is 2. The van der Waals surface area contributed by atoms with Crippen LogP contribution in [0.3, 0.4) is 0 Å². The van der Waals surface area contributed by atoms with E-state index in [1.165, 1.54) is 11.3 Å². The maximum Gasteiger partial charge on any atom is 0.341 e. The minimum atomic E-state index is -0.405. The first-order valence-electron chi connectivity index (χ1n) is 10.3. The van der Waals surface area contributed by atoms with Crippen molar-refractivity contribution in [2.24, 2.45) is 0 Å². The SMILES string of the molecule is CCOC(=O)c1cc(-c2ccccc2)sc1NC(=S)Nc1ccn(Cc2ccc(Cl)c(Cl)c2)n1. The molecule has 0 aliphatic rings. The summed E-state index contributed by atoms with van der Waals surface area (Å²) < 4.78 is 6.98. The van der Waals surface area contributed by atoms with E-state index in [1.807, 2.05) is 60.8 Å². The number of rotatable bonds is 7. The van der Waals surface area contributed by atoms with Crippen LogP contribution in [0.15, 0.2) is 66.9 Å². The molecule has 0 atom stereocenters. The number of hydrogen-bond acceptors (Lipinski definition) is 5. The molecule has 2 heterocycles. The lowest BCUT2D eigenvalue weighted by Gasteiger charge is -2.09. The molecule has 6 nitrogen and oxygen atoms in total. The molecule has 0 spiro atoms. The second kappa shape index (κ2) is 11.0. The number of thiophene rings is 1. The molecule has 0 bridgehead atoms. The number of anilines is 2. The van der Waals surface area contributed by atoms with Crippen LogP contribution in [0.1, 0.15) is 22.8 Å². The number of aromatic nitrogens is 2. The van der Waals surface area contributed by atoms with Crippen LogP contribution in [0.4, 0.5) is 10.8 Å². The zero-order valence-electron chi connectivity index (χ0n) is 18.0. The van der Waals surface area contributed by atoms with Crippen LogP contribution < -0.4 is 10.6 Å². The Hall–Kier alpha value is -2.91. The van der Waals surface area contributed by atoms with E-state index >= 15 is 0 Å². The summed E-state index contributed by atoms with van der Waals surface area (Å²) in [5.41, 5.74) is 2.40. The van der Waals surface area contributed by atoms with Gasteiger partial charge in [0.15, 0.2) is 10.9 Å². The molecule has 174 valence electrons. The molecule has 4 rings (SSSR count). The fraction of sp³-hybridized carbons (Fsp3) is 0.125. The summed E-state index contributed by atoms with van der Waals surface area (Å²) in [5, 5.41) is 12.6. The topological polar surface area (TPSA) is 68.2 Å². The molecule has 4 aromatic rings. The van der Waals surface area contributed by atoms with E-state index in [0.717, 1.165) is 16.0 Å².